The molecule has 0 aromatic carbocycles. The predicted octanol–water partition coefficient (Wildman–Crippen LogP) is 1.89. The van der Waals surface area contributed by atoms with Gasteiger partial charge in [0, 0.05) is 29.6 Å². The molecule has 0 bridgehead atoms. The van der Waals surface area contributed by atoms with Crippen LogP contribution in [0.15, 0.2) is 11.1 Å². The fourth-order valence-corrected chi connectivity index (χ4v) is 0.991. The third-order valence-electron chi connectivity index (χ3n) is 2.10. The molecule has 0 saturated carbocycles. The van der Waals surface area contributed by atoms with Gasteiger partial charge in [0.15, 0.2) is 0 Å². The molecule has 2 nitrogen and oxygen atoms in total. The van der Waals surface area contributed by atoms with E-state index >= 15 is 0 Å². The first-order valence-electron chi connectivity index (χ1n) is 4.19. The van der Waals surface area contributed by atoms with Crippen molar-refractivity contribution in [3.05, 3.63) is 11.1 Å². The van der Waals surface area contributed by atoms with Crippen molar-refractivity contribution in [3.63, 3.8) is 0 Å². The molecule has 0 aliphatic carbocycles. The third-order valence-corrected chi connectivity index (χ3v) is 2.38. The van der Waals surface area contributed by atoms with E-state index in [0.717, 1.165) is 24.0 Å². The summed E-state index contributed by atoms with van der Waals surface area (Å²) in [6, 6.07) is 0. The van der Waals surface area contributed by atoms with Gasteiger partial charge >= 0.3 is 0 Å². The Morgan fingerprint density at radius 2 is 2.25 bits per heavy atom. The van der Waals surface area contributed by atoms with Crippen LogP contribution in [0.25, 0.3) is 0 Å². The van der Waals surface area contributed by atoms with Crippen molar-refractivity contribution in [3.8, 4) is 0 Å². The van der Waals surface area contributed by atoms with Crippen LogP contribution in [0.2, 0.25) is 0 Å². The molecule has 1 unspecified atom stereocenters. The van der Waals surface area contributed by atoms with Crippen molar-refractivity contribution in [1.82, 2.24) is 5.32 Å². The van der Waals surface area contributed by atoms with Gasteiger partial charge in [-0.05, 0) is 6.42 Å². The molecule has 0 radical (unpaired) electrons. The van der Waals surface area contributed by atoms with Gasteiger partial charge in [0.05, 0.1) is 0 Å². The van der Waals surface area contributed by atoms with E-state index in [9.17, 15) is 0 Å². The van der Waals surface area contributed by atoms with Crippen LogP contribution in [0.5, 0.6) is 0 Å². The number of aliphatic hydroxyl groups excluding tert-OH is 1. The van der Waals surface area contributed by atoms with Crippen LogP contribution in [0.3, 0.4) is 0 Å². The van der Waals surface area contributed by atoms with E-state index < -0.39 is 0 Å². The summed E-state index contributed by atoms with van der Waals surface area (Å²) in [5.74, 6) is 0. The monoisotopic (exact) mass is 235 g/mol. The Hall–Kier alpha value is 0.140. The highest BCUT2D eigenvalue weighted by molar-refractivity contribution is 9.11. The van der Waals surface area contributed by atoms with Crippen LogP contribution < -0.4 is 5.32 Å². The van der Waals surface area contributed by atoms with E-state index in [1.54, 1.807) is 0 Å². The Labute approximate surface area is 83.2 Å². The van der Waals surface area contributed by atoms with Crippen molar-refractivity contribution in [2.75, 3.05) is 19.7 Å². The molecule has 12 heavy (non-hydrogen) atoms. The van der Waals surface area contributed by atoms with Gasteiger partial charge in [-0.15, -0.1) is 0 Å². The standard InChI is InChI=1S/C9H18BrNO/c1-4-9(3,7-12)6-11-5-8(2)10/h11-12H,2,4-7H2,1,3H3. The molecular formula is C9H18BrNO. The average molecular weight is 236 g/mol. The number of hydrogen-bond acceptors (Lipinski definition) is 2. The SMILES string of the molecule is C=C(Br)CNCC(C)(CC)CO. The first-order valence-corrected chi connectivity index (χ1v) is 4.98. The second-order valence-corrected chi connectivity index (χ2v) is 4.56. The quantitative estimate of drug-likeness (QED) is 0.738. The molecule has 0 fully saturated rings. The summed E-state index contributed by atoms with van der Waals surface area (Å²) >= 11 is 3.27. The second-order valence-electron chi connectivity index (χ2n) is 3.44. The zero-order chi connectivity index (χ0) is 9.61. The third kappa shape index (κ3) is 4.91. The van der Waals surface area contributed by atoms with E-state index in [4.69, 9.17) is 5.11 Å². The highest BCUT2D eigenvalue weighted by atomic mass is 79.9. The molecule has 0 spiro atoms. The average Bonchev–Trinajstić information content (AvgIpc) is 2.03. The van der Waals surface area contributed by atoms with Crippen molar-refractivity contribution in [2.24, 2.45) is 5.41 Å². The summed E-state index contributed by atoms with van der Waals surface area (Å²) in [6.07, 6.45) is 0.977. The Morgan fingerprint density at radius 1 is 1.67 bits per heavy atom. The number of rotatable bonds is 6. The lowest BCUT2D eigenvalue weighted by Crippen LogP contribution is -2.34. The maximum atomic E-state index is 9.08. The first kappa shape index (κ1) is 12.1. The normalized spacial score (nSPS) is 15.7. The van der Waals surface area contributed by atoms with Crippen molar-refractivity contribution in [1.29, 1.82) is 0 Å². The number of aliphatic hydroxyl groups is 1. The van der Waals surface area contributed by atoms with Crippen molar-refractivity contribution < 1.29 is 5.11 Å². The molecule has 1 atom stereocenters. The van der Waals surface area contributed by atoms with E-state index in [1.807, 2.05) is 0 Å². The molecule has 2 N–H and O–H groups in total. The van der Waals surface area contributed by atoms with Crippen LogP contribution in [-0.2, 0) is 0 Å². The van der Waals surface area contributed by atoms with Gasteiger partial charge in [-0.2, -0.15) is 0 Å². The minimum atomic E-state index is 0.00243. The van der Waals surface area contributed by atoms with Crippen LogP contribution in [0.1, 0.15) is 20.3 Å². The van der Waals surface area contributed by atoms with Gasteiger partial charge in [0.1, 0.15) is 0 Å². The van der Waals surface area contributed by atoms with Gasteiger partial charge in [-0.1, -0.05) is 36.4 Å². The summed E-state index contributed by atoms with van der Waals surface area (Å²) in [5.41, 5.74) is 0.00243. The van der Waals surface area contributed by atoms with Gasteiger partial charge in [-0.3, -0.25) is 0 Å². The molecule has 0 aromatic rings. The fraction of sp³-hybridized carbons (Fsp3) is 0.778. The molecule has 0 rings (SSSR count). The number of halogens is 1. The van der Waals surface area contributed by atoms with Crippen LogP contribution >= 0.6 is 15.9 Å². The maximum absolute atomic E-state index is 9.08. The van der Waals surface area contributed by atoms with Gasteiger partial charge in [0.2, 0.25) is 0 Å². The molecule has 3 heteroatoms. The zero-order valence-electron chi connectivity index (χ0n) is 7.86. The minimum absolute atomic E-state index is 0.00243. The summed E-state index contributed by atoms with van der Waals surface area (Å²) in [7, 11) is 0. The summed E-state index contributed by atoms with van der Waals surface area (Å²) in [6.45, 7) is 9.68. The van der Waals surface area contributed by atoms with Crippen LogP contribution in [0, 0.1) is 5.41 Å². The van der Waals surface area contributed by atoms with Crippen LogP contribution in [0.4, 0.5) is 0 Å². The first-order chi connectivity index (χ1) is 5.54. The molecule has 0 aliphatic heterocycles. The number of hydrogen-bond donors (Lipinski definition) is 2. The molecular weight excluding hydrogens is 218 g/mol. The van der Waals surface area contributed by atoms with Crippen LogP contribution in [-0.4, -0.2) is 24.8 Å². The topological polar surface area (TPSA) is 32.3 Å². The van der Waals surface area contributed by atoms with Crippen molar-refractivity contribution >= 4 is 15.9 Å². The Morgan fingerprint density at radius 3 is 2.58 bits per heavy atom. The minimum Gasteiger partial charge on any atom is -0.396 e. The largest absolute Gasteiger partial charge is 0.396 e. The molecule has 0 aromatic heterocycles. The maximum Gasteiger partial charge on any atom is 0.0496 e. The van der Waals surface area contributed by atoms with Crippen molar-refractivity contribution in [2.45, 2.75) is 20.3 Å². The van der Waals surface area contributed by atoms with Gasteiger partial charge in [0.25, 0.3) is 0 Å². The molecule has 0 saturated heterocycles. The van der Waals surface area contributed by atoms with E-state index in [1.165, 1.54) is 0 Å². The lowest BCUT2D eigenvalue weighted by Gasteiger charge is -2.25. The highest BCUT2D eigenvalue weighted by Gasteiger charge is 2.19. The second kappa shape index (κ2) is 5.73. The summed E-state index contributed by atoms with van der Waals surface area (Å²) in [4.78, 5) is 0. The van der Waals surface area contributed by atoms with E-state index in [-0.39, 0.29) is 12.0 Å². The molecule has 72 valence electrons. The Balaban J connectivity index is 3.65. The van der Waals surface area contributed by atoms with Gasteiger partial charge < -0.3 is 10.4 Å². The summed E-state index contributed by atoms with van der Waals surface area (Å²) < 4.78 is 0.943. The summed E-state index contributed by atoms with van der Waals surface area (Å²) in [5, 5.41) is 12.3. The highest BCUT2D eigenvalue weighted by Crippen LogP contribution is 2.18. The Bertz CT molecular complexity index is 143. The number of nitrogens with one attached hydrogen (secondary N) is 1. The fourth-order valence-electron chi connectivity index (χ4n) is 0.793. The Kier molecular flexibility index (Phi) is 5.80. The lowest BCUT2D eigenvalue weighted by molar-refractivity contribution is 0.136. The van der Waals surface area contributed by atoms with Gasteiger partial charge in [-0.25, -0.2) is 0 Å². The smallest absolute Gasteiger partial charge is 0.0496 e. The van der Waals surface area contributed by atoms with E-state index in [2.05, 4.69) is 41.7 Å². The lowest BCUT2D eigenvalue weighted by atomic mass is 9.89. The predicted molar refractivity (Wildman–Crippen MR) is 56.4 cm³/mol. The zero-order valence-corrected chi connectivity index (χ0v) is 9.45. The molecule has 0 aliphatic rings. The molecule has 0 amide bonds. The molecule has 0 heterocycles. The van der Waals surface area contributed by atoms with E-state index in [0.29, 0.717) is 0 Å².